The van der Waals surface area contributed by atoms with E-state index in [9.17, 15) is 10.1 Å². The summed E-state index contributed by atoms with van der Waals surface area (Å²) >= 11 is 0. The van der Waals surface area contributed by atoms with Crippen molar-refractivity contribution in [1.82, 2.24) is 10.2 Å². The van der Waals surface area contributed by atoms with Crippen molar-refractivity contribution in [3.63, 3.8) is 0 Å². The monoisotopic (exact) mass is 301 g/mol. The molecule has 114 valence electrons. The van der Waals surface area contributed by atoms with Crippen LogP contribution in [0.5, 0.6) is 5.88 Å². The molecule has 5 N–H and O–H groups in total. The Kier molecular flexibility index (Phi) is 3.30. The summed E-state index contributed by atoms with van der Waals surface area (Å²) < 4.78 is 5.49. The van der Waals surface area contributed by atoms with Gasteiger partial charge in [-0.1, -0.05) is 12.1 Å². The van der Waals surface area contributed by atoms with Gasteiger partial charge in [-0.2, -0.15) is 0 Å². The van der Waals surface area contributed by atoms with Crippen LogP contribution in [0.3, 0.4) is 0 Å². The van der Waals surface area contributed by atoms with Gasteiger partial charge in [0.2, 0.25) is 5.88 Å². The van der Waals surface area contributed by atoms with E-state index in [0.29, 0.717) is 11.5 Å². The number of nitrogens with zero attached hydrogens (tertiary/aromatic N) is 2. The zero-order chi connectivity index (χ0) is 15.9. The van der Waals surface area contributed by atoms with Crippen molar-refractivity contribution in [3.8, 4) is 5.88 Å². The van der Waals surface area contributed by atoms with Gasteiger partial charge in [0.15, 0.2) is 5.88 Å². The van der Waals surface area contributed by atoms with Gasteiger partial charge in [0.05, 0.1) is 4.92 Å². The molecule has 0 radical (unpaired) electrons. The molecule has 0 aliphatic carbocycles. The molecule has 0 fully saturated rings. The van der Waals surface area contributed by atoms with Crippen LogP contribution >= 0.6 is 0 Å². The molecule has 1 aromatic carbocycles. The molecule has 0 saturated heterocycles. The number of aromatic nitrogens is 2. The molecular weight excluding hydrogens is 286 g/mol. The molecule has 1 aromatic heterocycles. The predicted molar refractivity (Wildman–Crippen MR) is 79.2 cm³/mol. The van der Waals surface area contributed by atoms with Gasteiger partial charge in [-0.05, 0) is 12.5 Å². The Bertz CT molecular complexity index is 781. The Labute approximate surface area is 125 Å². The zero-order valence-electron chi connectivity index (χ0n) is 11.9. The Morgan fingerprint density at radius 3 is 2.95 bits per heavy atom. The third-order valence-electron chi connectivity index (χ3n) is 3.75. The van der Waals surface area contributed by atoms with Crippen molar-refractivity contribution in [2.24, 2.45) is 11.5 Å². The SMILES string of the molecule is Cc1[nH]nc2c1C(c1cccc([N+](=O)[O-])c1)C(CN)=C(N)O2. The Morgan fingerprint density at radius 2 is 2.27 bits per heavy atom. The van der Waals surface area contributed by atoms with Crippen molar-refractivity contribution in [1.29, 1.82) is 0 Å². The summed E-state index contributed by atoms with van der Waals surface area (Å²) in [5.41, 5.74) is 14.8. The van der Waals surface area contributed by atoms with Crippen LogP contribution < -0.4 is 16.2 Å². The van der Waals surface area contributed by atoms with Crippen LogP contribution in [0.4, 0.5) is 5.69 Å². The number of fused-ring (bicyclic) bond motifs is 1. The van der Waals surface area contributed by atoms with Gasteiger partial charge in [0.1, 0.15) is 0 Å². The minimum atomic E-state index is -0.429. The molecule has 2 heterocycles. The summed E-state index contributed by atoms with van der Waals surface area (Å²) in [4.78, 5) is 10.6. The van der Waals surface area contributed by atoms with Crippen LogP contribution in [0, 0.1) is 17.0 Å². The molecule has 8 nitrogen and oxygen atoms in total. The first-order chi connectivity index (χ1) is 10.5. The van der Waals surface area contributed by atoms with Gasteiger partial charge in [0, 0.05) is 41.4 Å². The normalized spacial score (nSPS) is 17.1. The maximum Gasteiger partial charge on any atom is 0.269 e. The van der Waals surface area contributed by atoms with Gasteiger partial charge >= 0.3 is 0 Å². The molecule has 3 rings (SSSR count). The second-order valence-electron chi connectivity index (χ2n) is 5.05. The van der Waals surface area contributed by atoms with E-state index in [1.807, 2.05) is 13.0 Å². The number of aromatic amines is 1. The summed E-state index contributed by atoms with van der Waals surface area (Å²) in [5.74, 6) is 0.258. The Balaban J connectivity index is 2.20. The van der Waals surface area contributed by atoms with Crippen molar-refractivity contribution in [2.45, 2.75) is 12.8 Å². The van der Waals surface area contributed by atoms with Crippen LogP contribution in [0.2, 0.25) is 0 Å². The highest BCUT2D eigenvalue weighted by molar-refractivity contribution is 5.53. The van der Waals surface area contributed by atoms with Crippen molar-refractivity contribution >= 4 is 5.69 Å². The van der Waals surface area contributed by atoms with Gasteiger partial charge < -0.3 is 16.2 Å². The summed E-state index contributed by atoms with van der Waals surface area (Å²) in [5, 5.41) is 17.9. The third-order valence-corrected chi connectivity index (χ3v) is 3.75. The van der Waals surface area contributed by atoms with Crippen LogP contribution in [0.1, 0.15) is 22.7 Å². The van der Waals surface area contributed by atoms with Crippen LogP contribution in [-0.2, 0) is 0 Å². The lowest BCUT2D eigenvalue weighted by Gasteiger charge is -2.26. The van der Waals surface area contributed by atoms with Crippen LogP contribution in [0.25, 0.3) is 0 Å². The van der Waals surface area contributed by atoms with Gasteiger partial charge in [0.25, 0.3) is 5.69 Å². The fourth-order valence-electron chi connectivity index (χ4n) is 2.72. The first-order valence-corrected chi connectivity index (χ1v) is 6.68. The lowest BCUT2D eigenvalue weighted by atomic mass is 9.83. The van der Waals surface area contributed by atoms with Gasteiger partial charge in [-0.25, -0.2) is 0 Å². The lowest BCUT2D eigenvalue weighted by Crippen LogP contribution is -2.26. The second kappa shape index (κ2) is 5.15. The summed E-state index contributed by atoms with van der Waals surface area (Å²) in [7, 11) is 0. The highest BCUT2D eigenvalue weighted by atomic mass is 16.6. The number of nitrogens with one attached hydrogen (secondary N) is 1. The number of nitrogens with two attached hydrogens (primary N) is 2. The number of non-ortho nitro benzene ring substituents is 1. The Morgan fingerprint density at radius 1 is 1.50 bits per heavy atom. The number of benzene rings is 1. The maximum absolute atomic E-state index is 11.0. The quantitative estimate of drug-likeness (QED) is 0.577. The standard InChI is InChI=1S/C14H15N5O3/c1-7-11-12(8-3-2-4-9(5-8)19(20)21)10(6-15)13(16)22-14(11)18-17-7/h2-5,12H,6,15-16H2,1H3,(H,17,18). The van der Waals surface area contributed by atoms with Crippen molar-refractivity contribution < 1.29 is 9.66 Å². The molecule has 0 spiro atoms. The molecule has 1 atom stereocenters. The van der Waals surface area contributed by atoms with E-state index in [2.05, 4.69) is 10.2 Å². The number of aryl methyl sites for hydroxylation is 1. The molecule has 2 aromatic rings. The molecule has 0 saturated carbocycles. The molecule has 1 unspecified atom stereocenters. The number of nitro benzene ring substituents is 1. The van der Waals surface area contributed by atoms with Crippen molar-refractivity contribution in [2.75, 3.05) is 6.54 Å². The number of hydrogen-bond donors (Lipinski definition) is 3. The minimum Gasteiger partial charge on any atom is -0.421 e. The Hall–Kier alpha value is -2.87. The number of H-pyrrole nitrogens is 1. The highest BCUT2D eigenvalue weighted by Gasteiger charge is 2.33. The zero-order valence-corrected chi connectivity index (χ0v) is 11.9. The van der Waals surface area contributed by atoms with Crippen molar-refractivity contribution in [3.05, 3.63) is 62.7 Å². The summed E-state index contributed by atoms with van der Waals surface area (Å²) in [6.07, 6.45) is 0. The topological polar surface area (TPSA) is 133 Å². The number of nitro groups is 1. The van der Waals surface area contributed by atoms with E-state index in [1.165, 1.54) is 12.1 Å². The molecular formula is C14H15N5O3. The van der Waals surface area contributed by atoms with E-state index >= 15 is 0 Å². The first kappa shape index (κ1) is 14.1. The van der Waals surface area contributed by atoms with E-state index in [-0.39, 0.29) is 24.0 Å². The van der Waals surface area contributed by atoms with E-state index < -0.39 is 4.92 Å². The number of ether oxygens (including phenoxy) is 1. The molecule has 0 bridgehead atoms. The first-order valence-electron chi connectivity index (χ1n) is 6.68. The predicted octanol–water partition coefficient (Wildman–Crippen LogP) is 1.28. The fraction of sp³-hybridized carbons (Fsp3) is 0.214. The average molecular weight is 301 g/mol. The molecule has 1 aliphatic rings. The second-order valence-corrected chi connectivity index (χ2v) is 5.05. The van der Waals surface area contributed by atoms with Crippen LogP contribution in [0.15, 0.2) is 35.7 Å². The molecule has 1 aliphatic heterocycles. The van der Waals surface area contributed by atoms with Gasteiger partial charge in [-0.3, -0.25) is 15.2 Å². The largest absolute Gasteiger partial charge is 0.421 e. The highest BCUT2D eigenvalue weighted by Crippen LogP contribution is 2.42. The van der Waals surface area contributed by atoms with E-state index in [0.717, 1.165) is 16.8 Å². The summed E-state index contributed by atoms with van der Waals surface area (Å²) in [6, 6.07) is 6.42. The average Bonchev–Trinajstić information content (AvgIpc) is 2.86. The third kappa shape index (κ3) is 2.09. The van der Waals surface area contributed by atoms with Gasteiger partial charge in [-0.15, -0.1) is 5.10 Å². The number of rotatable bonds is 3. The van der Waals surface area contributed by atoms with E-state index in [4.69, 9.17) is 16.2 Å². The number of hydrogen-bond acceptors (Lipinski definition) is 6. The lowest BCUT2D eigenvalue weighted by molar-refractivity contribution is -0.384. The minimum absolute atomic E-state index is 0.0154. The molecule has 22 heavy (non-hydrogen) atoms. The molecule has 0 amide bonds. The maximum atomic E-state index is 11.0. The summed E-state index contributed by atoms with van der Waals surface area (Å²) in [6.45, 7) is 2.04. The smallest absolute Gasteiger partial charge is 0.269 e. The molecule has 8 heteroatoms. The van der Waals surface area contributed by atoms with E-state index in [1.54, 1.807) is 6.07 Å². The van der Waals surface area contributed by atoms with Crippen LogP contribution in [-0.4, -0.2) is 21.7 Å². The fourth-order valence-corrected chi connectivity index (χ4v) is 2.72.